The Morgan fingerprint density at radius 2 is 2.36 bits per heavy atom. The number of methoxy groups -OCH3 is 1. The van der Waals surface area contributed by atoms with E-state index in [-0.39, 0.29) is 24.3 Å². The number of nitrogens with one attached hydrogen (secondary N) is 2. The number of halogens is 3. The molecule has 0 aliphatic carbocycles. The number of hydrogen-bond acceptors (Lipinski definition) is 5. The fourth-order valence-corrected chi connectivity index (χ4v) is 2.77. The van der Waals surface area contributed by atoms with Crippen LogP contribution in [0.15, 0.2) is 29.0 Å². The van der Waals surface area contributed by atoms with Gasteiger partial charge < -0.3 is 19.8 Å². The average molecular weight is 358 g/mol. The molecule has 2 aromatic rings. The number of fused-ring (bicyclic) bond motifs is 1. The van der Waals surface area contributed by atoms with Gasteiger partial charge in [0.1, 0.15) is 17.1 Å². The van der Waals surface area contributed by atoms with Crippen molar-refractivity contribution in [3.63, 3.8) is 0 Å². The van der Waals surface area contributed by atoms with Crippen LogP contribution < -0.4 is 10.6 Å². The van der Waals surface area contributed by atoms with Crippen molar-refractivity contribution < 1.29 is 27.1 Å². The van der Waals surface area contributed by atoms with Crippen molar-refractivity contribution in [2.24, 2.45) is 0 Å². The second kappa shape index (κ2) is 6.79. The zero-order chi connectivity index (χ0) is 18.0. The van der Waals surface area contributed by atoms with Crippen molar-refractivity contribution in [2.45, 2.75) is 24.7 Å². The maximum Gasteiger partial charge on any atom is 0.410 e. The molecule has 0 saturated heterocycles. The first-order chi connectivity index (χ1) is 11.9. The first kappa shape index (κ1) is 17.3. The second-order valence-corrected chi connectivity index (χ2v) is 5.61. The van der Waals surface area contributed by atoms with Gasteiger partial charge in [0.25, 0.3) is 5.91 Å². The van der Waals surface area contributed by atoms with Gasteiger partial charge >= 0.3 is 6.18 Å². The molecule has 1 amide bonds. The molecule has 2 N–H and O–H groups in total. The van der Waals surface area contributed by atoms with Gasteiger partial charge in [0.2, 0.25) is 0 Å². The third-order valence-electron chi connectivity index (χ3n) is 3.96. The highest BCUT2D eigenvalue weighted by Gasteiger charge is 2.47. The van der Waals surface area contributed by atoms with Crippen molar-refractivity contribution in [3.05, 3.63) is 35.9 Å². The van der Waals surface area contributed by atoms with E-state index in [1.807, 2.05) is 0 Å². The summed E-state index contributed by atoms with van der Waals surface area (Å²) in [4.78, 5) is 12.2. The lowest BCUT2D eigenvalue weighted by Gasteiger charge is -2.32. The zero-order valence-corrected chi connectivity index (χ0v) is 13.3. The SMILES string of the molecule is COCCNC(=O)c1cnn2c1N[C@@H](c1ccco1)C[C@H]2C(F)(F)F. The number of carbonyl (C=O) groups is 1. The minimum absolute atomic E-state index is 0.0184. The van der Waals surface area contributed by atoms with Crippen molar-refractivity contribution >= 4 is 11.7 Å². The molecule has 136 valence electrons. The number of carbonyl (C=O) groups excluding carboxylic acids is 1. The maximum atomic E-state index is 13.5. The van der Waals surface area contributed by atoms with Crippen LogP contribution in [0.1, 0.15) is 34.6 Å². The molecule has 0 spiro atoms. The summed E-state index contributed by atoms with van der Waals surface area (Å²) in [5, 5.41) is 9.29. The van der Waals surface area contributed by atoms with Gasteiger partial charge in [0, 0.05) is 20.1 Å². The molecule has 2 atom stereocenters. The van der Waals surface area contributed by atoms with E-state index >= 15 is 0 Å². The monoisotopic (exact) mass is 358 g/mol. The Morgan fingerprint density at radius 1 is 1.56 bits per heavy atom. The summed E-state index contributed by atoms with van der Waals surface area (Å²) in [6, 6.07) is 0.634. The van der Waals surface area contributed by atoms with E-state index < -0.39 is 24.2 Å². The van der Waals surface area contributed by atoms with Crippen LogP contribution in [0.2, 0.25) is 0 Å². The number of furan rings is 1. The van der Waals surface area contributed by atoms with Crippen molar-refractivity contribution in [2.75, 3.05) is 25.6 Å². The van der Waals surface area contributed by atoms with Gasteiger partial charge in [0.05, 0.1) is 25.1 Å². The molecule has 0 bridgehead atoms. The standard InChI is InChI=1S/C15H17F3N4O3/c1-24-6-4-19-14(23)9-8-20-22-12(15(16,17)18)7-10(21-13(9)22)11-3-2-5-25-11/h2-3,5,8,10,12,21H,4,6-7H2,1H3,(H,19,23)/t10-,12+/m1/s1. The summed E-state index contributed by atoms with van der Waals surface area (Å²) < 4.78 is 51.2. The van der Waals surface area contributed by atoms with E-state index in [1.54, 1.807) is 12.1 Å². The smallest absolute Gasteiger partial charge is 0.410 e. The van der Waals surface area contributed by atoms with Crippen LogP contribution in [0.5, 0.6) is 0 Å². The molecule has 7 nitrogen and oxygen atoms in total. The second-order valence-electron chi connectivity index (χ2n) is 5.61. The normalized spacial score (nSPS) is 20.0. The topological polar surface area (TPSA) is 81.3 Å². The molecular weight excluding hydrogens is 341 g/mol. The predicted molar refractivity (Wildman–Crippen MR) is 81.2 cm³/mol. The number of alkyl halides is 3. The number of rotatable bonds is 5. The number of aromatic nitrogens is 2. The number of nitrogens with zero attached hydrogens (tertiary/aromatic N) is 2. The summed E-state index contributed by atoms with van der Waals surface area (Å²) in [5.74, 6) is -0.135. The predicted octanol–water partition coefficient (Wildman–Crippen LogP) is 2.51. The van der Waals surface area contributed by atoms with Crippen molar-refractivity contribution in [1.29, 1.82) is 0 Å². The minimum atomic E-state index is -4.50. The van der Waals surface area contributed by atoms with Crippen LogP contribution in [0.25, 0.3) is 0 Å². The lowest BCUT2D eigenvalue weighted by Crippen LogP contribution is -2.36. The van der Waals surface area contributed by atoms with E-state index in [1.165, 1.54) is 13.4 Å². The van der Waals surface area contributed by atoms with Gasteiger partial charge in [0.15, 0.2) is 6.04 Å². The summed E-state index contributed by atoms with van der Waals surface area (Å²) in [7, 11) is 1.48. The van der Waals surface area contributed by atoms with E-state index in [4.69, 9.17) is 9.15 Å². The fourth-order valence-electron chi connectivity index (χ4n) is 2.77. The molecule has 25 heavy (non-hydrogen) atoms. The molecule has 0 fully saturated rings. The highest BCUT2D eigenvalue weighted by Crippen LogP contribution is 2.44. The van der Waals surface area contributed by atoms with E-state index in [2.05, 4.69) is 15.7 Å². The van der Waals surface area contributed by atoms with Crippen LogP contribution in [-0.2, 0) is 4.74 Å². The fraction of sp³-hybridized carbons (Fsp3) is 0.467. The number of anilines is 1. The molecule has 1 aliphatic heterocycles. The quantitative estimate of drug-likeness (QED) is 0.803. The first-order valence-corrected chi connectivity index (χ1v) is 7.63. The Hall–Kier alpha value is -2.49. The molecule has 3 heterocycles. The van der Waals surface area contributed by atoms with Gasteiger partial charge in [-0.1, -0.05) is 0 Å². The Bertz CT molecular complexity index is 727. The summed E-state index contributed by atoms with van der Waals surface area (Å²) >= 11 is 0. The molecule has 0 aromatic carbocycles. The van der Waals surface area contributed by atoms with Crippen molar-refractivity contribution in [3.8, 4) is 0 Å². The number of hydrogen-bond donors (Lipinski definition) is 2. The lowest BCUT2D eigenvalue weighted by molar-refractivity contribution is -0.174. The summed E-state index contributed by atoms with van der Waals surface area (Å²) in [5.41, 5.74) is 0.0432. The van der Waals surface area contributed by atoms with Gasteiger partial charge in [-0.25, -0.2) is 4.68 Å². The molecule has 0 radical (unpaired) electrons. The third-order valence-corrected chi connectivity index (χ3v) is 3.96. The highest BCUT2D eigenvalue weighted by atomic mass is 19.4. The Balaban J connectivity index is 1.92. The van der Waals surface area contributed by atoms with E-state index in [9.17, 15) is 18.0 Å². The minimum Gasteiger partial charge on any atom is -0.467 e. The van der Waals surface area contributed by atoms with Gasteiger partial charge in [-0.3, -0.25) is 4.79 Å². The average Bonchev–Trinajstić information content (AvgIpc) is 3.22. The van der Waals surface area contributed by atoms with Gasteiger partial charge in [-0.15, -0.1) is 0 Å². The van der Waals surface area contributed by atoms with Crippen LogP contribution in [0.3, 0.4) is 0 Å². The molecule has 3 rings (SSSR count). The molecule has 0 unspecified atom stereocenters. The zero-order valence-electron chi connectivity index (χ0n) is 13.3. The maximum absolute atomic E-state index is 13.5. The highest BCUT2D eigenvalue weighted by molar-refractivity contribution is 5.98. The Kier molecular flexibility index (Phi) is 4.71. The van der Waals surface area contributed by atoms with Gasteiger partial charge in [-0.05, 0) is 12.1 Å². The third kappa shape index (κ3) is 3.48. The van der Waals surface area contributed by atoms with Crippen molar-refractivity contribution in [1.82, 2.24) is 15.1 Å². The molecular formula is C15H17F3N4O3. The van der Waals surface area contributed by atoms with E-state index in [0.29, 0.717) is 12.4 Å². The largest absolute Gasteiger partial charge is 0.467 e. The number of amides is 1. The molecule has 0 saturated carbocycles. The summed E-state index contributed by atoms with van der Waals surface area (Å²) in [6.45, 7) is 0.535. The Morgan fingerprint density at radius 3 is 3.00 bits per heavy atom. The summed E-state index contributed by atoms with van der Waals surface area (Å²) in [6.07, 6.45) is -2.26. The van der Waals surface area contributed by atoms with E-state index in [0.717, 1.165) is 10.9 Å². The first-order valence-electron chi connectivity index (χ1n) is 7.63. The molecule has 1 aliphatic rings. The lowest BCUT2D eigenvalue weighted by atomic mass is 10.0. The van der Waals surface area contributed by atoms with Crippen LogP contribution >= 0.6 is 0 Å². The van der Waals surface area contributed by atoms with Crippen LogP contribution in [-0.4, -0.2) is 42.1 Å². The number of ether oxygens (including phenoxy) is 1. The van der Waals surface area contributed by atoms with Crippen LogP contribution in [0.4, 0.5) is 19.0 Å². The Labute approximate surface area is 141 Å². The van der Waals surface area contributed by atoms with Crippen LogP contribution in [0, 0.1) is 0 Å². The molecule has 2 aromatic heterocycles. The molecule has 10 heteroatoms. The van der Waals surface area contributed by atoms with Gasteiger partial charge in [-0.2, -0.15) is 18.3 Å².